The maximum Gasteiger partial charge on any atom is 0.337 e. The normalized spacial score (nSPS) is 12.0. The average molecular weight is 637 g/mol. The van der Waals surface area contributed by atoms with Crippen molar-refractivity contribution in [3.05, 3.63) is 147 Å². The largest absolute Gasteiger partial charge is 0.337 e. The Labute approximate surface area is 277 Å². The minimum atomic E-state index is -0.489. The second-order valence-electron chi connectivity index (χ2n) is 12.0. The fourth-order valence-corrected chi connectivity index (χ4v) is 6.36. The third kappa shape index (κ3) is 5.77. The lowest BCUT2D eigenvalue weighted by Crippen LogP contribution is -2.42. The van der Waals surface area contributed by atoms with E-state index >= 15 is 0 Å². The summed E-state index contributed by atoms with van der Waals surface area (Å²) in [5.41, 5.74) is 5.50. The van der Waals surface area contributed by atoms with Gasteiger partial charge in [-0.3, -0.25) is 9.36 Å². The summed E-state index contributed by atoms with van der Waals surface area (Å²) >= 11 is 0. The van der Waals surface area contributed by atoms with Crippen LogP contribution >= 0.6 is 0 Å². The highest BCUT2D eigenvalue weighted by Gasteiger charge is 2.25. The SMILES string of the molecule is CCCCCc1nc2c(c(=O)n(C(C)c3ccccc3)c(=O)n2-c2ccccc2)n1Cc1ccc(-c2ccccc2-c2nnn[nH]2)cc1. The van der Waals surface area contributed by atoms with Crippen molar-refractivity contribution >= 4 is 11.2 Å². The van der Waals surface area contributed by atoms with Gasteiger partial charge in [-0.05, 0) is 58.2 Å². The van der Waals surface area contributed by atoms with Crippen LogP contribution in [0.25, 0.3) is 39.4 Å². The van der Waals surface area contributed by atoms with Gasteiger partial charge in [0.25, 0.3) is 5.56 Å². The van der Waals surface area contributed by atoms with Gasteiger partial charge in [-0.1, -0.05) is 117 Å². The summed E-state index contributed by atoms with van der Waals surface area (Å²) in [6.45, 7) is 4.49. The second-order valence-corrected chi connectivity index (χ2v) is 12.0. The molecular formula is C38H36N8O2. The van der Waals surface area contributed by atoms with Crippen LogP contribution in [0.2, 0.25) is 0 Å². The molecule has 3 heterocycles. The van der Waals surface area contributed by atoms with Crippen LogP contribution in [0, 0.1) is 0 Å². The number of aryl methyl sites for hydroxylation is 1. The Kier molecular flexibility index (Phi) is 8.61. The second kappa shape index (κ2) is 13.4. The number of fused-ring (bicyclic) bond motifs is 1. The number of nitrogens with one attached hydrogen (secondary N) is 1. The number of tetrazole rings is 1. The van der Waals surface area contributed by atoms with Crippen molar-refractivity contribution in [2.45, 2.75) is 52.1 Å². The van der Waals surface area contributed by atoms with E-state index in [4.69, 9.17) is 4.98 Å². The van der Waals surface area contributed by atoms with Crippen molar-refractivity contribution in [2.75, 3.05) is 0 Å². The molecule has 1 N–H and O–H groups in total. The van der Waals surface area contributed by atoms with E-state index in [1.807, 2.05) is 96.4 Å². The van der Waals surface area contributed by atoms with Crippen LogP contribution in [-0.2, 0) is 13.0 Å². The molecule has 0 radical (unpaired) electrons. The zero-order chi connectivity index (χ0) is 33.0. The van der Waals surface area contributed by atoms with Crippen molar-refractivity contribution in [1.29, 1.82) is 0 Å². The molecule has 240 valence electrons. The molecule has 0 aliphatic rings. The molecule has 0 amide bonds. The summed E-state index contributed by atoms with van der Waals surface area (Å²) in [5, 5.41) is 14.5. The van der Waals surface area contributed by atoms with Crippen LogP contribution in [0.15, 0.2) is 119 Å². The van der Waals surface area contributed by atoms with Gasteiger partial charge in [-0.2, -0.15) is 0 Å². The lowest BCUT2D eigenvalue weighted by molar-refractivity contribution is 0.569. The van der Waals surface area contributed by atoms with E-state index in [1.165, 1.54) is 4.57 Å². The summed E-state index contributed by atoms with van der Waals surface area (Å²) in [6.07, 6.45) is 3.72. The number of nitrogens with zero attached hydrogens (tertiary/aromatic N) is 7. The smallest absolute Gasteiger partial charge is 0.318 e. The van der Waals surface area contributed by atoms with Crippen molar-refractivity contribution in [3.8, 4) is 28.2 Å². The third-order valence-electron chi connectivity index (χ3n) is 8.88. The zero-order valence-corrected chi connectivity index (χ0v) is 27.0. The Hall–Kier alpha value is -5.90. The molecule has 1 unspecified atom stereocenters. The summed E-state index contributed by atoms with van der Waals surface area (Å²) in [4.78, 5) is 33.9. The monoisotopic (exact) mass is 636 g/mol. The van der Waals surface area contributed by atoms with Gasteiger partial charge in [0, 0.05) is 18.5 Å². The van der Waals surface area contributed by atoms with E-state index in [9.17, 15) is 9.59 Å². The predicted molar refractivity (Wildman–Crippen MR) is 187 cm³/mol. The van der Waals surface area contributed by atoms with E-state index in [0.717, 1.165) is 52.9 Å². The number of imidazole rings is 1. The molecule has 0 saturated heterocycles. The van der Waals surface area contributed by atoms with Gasteiger partial charge >= 0.3 is 5.69 Å². The lowest BCUT2D eigenvalue weighted by Gasteiger charge is -2.18. The zero-order valence-electron chi connectivity index (χ0n) is 27.0. The number of aromatic nitrogens is 8. The molecule has 0 bridgehead atoms. The van der Waals surface area contributed by atoms with Gasteiger partial charge in [-0.25, -0.2) is 19.4 Å². The minimum Gasteiger partial charge on any atom is -0.318 e. The topological polar surface area (TPSA) is 116 Å². The van der Waals surface area contributed by atoms with Crippen LogP contribution < -0.4 is 11.2 Å². The summed E-state index contributed by atoms with van der Waals surface area (Å²) < 4.78 is 4.98. The number of hydrogen-bond acceptors (Lipinski definition) is 6. The number of hydrogen-bond donors (Lipinski definition) is 1. The molecular weight excluding hydrogens is 600 g/mol. The molecule has 48 heavy (non-hydrogen) atoms. The molecule has 4 aromatic carbocycles. The highest BCUT2D eigenvalue weighted by atomic mass is 16.2. The Morgan fingerprint density at radius 2 is 1.48 bits per heavy atom. The highest BCUT2D eigenvalue weighted by Crippen LogP contribution is 2.30. The molecule has 10 heteroatoms. The first kappa shape index (κ1) is 30.7. The van der Waals surface area contributed by atoms with Crippen LogP contribution in [0.1, 0.15) is 56.1 Å². The molecule has 3 aromatic heterocycles. The Bertz CT molecular complexity index is 2270. The molecule has 7 rings (SSSR count). The Morgan fingerprint density at radius 1 is 0.792 bits per heavy atom. The fraction of sp³-hybridized carbons (Fsp3) is 0.211. The molecule has 0 aliphatic heterocycles. The quantitative estimate of drug-likeness (QED) is 0.160. The van der Waals surface area contributed by atoms with E-state index in [-0.39, 0.29) is 5.56 Å². The van der Waals surface area contributed by atoms with Gasteiger partial charge in [0.1, 0.15) is 5.82 Å². The molecule has 10 nitrogen and oxygen atoms in total. The van der Waals surface area contributed by atoms with Crippen LogP contribution in [0.4, 0.5) is 0 Å². The lowest BCUT2D eigenvalue weighted by atomic mass is 9.98. The number of para-hydroxylation sites is 1. The van der Waals surface area contributed by atoms with Crippen LogP contribution in [-0.4, -0.2) is 39.3 Å². The first-order chi connectivity index (χ1) is 23.5. The minimum absolute atomic E-state index is 0.348. The standard InChI is InChI=1S/C38H36N8O2/c1-3-4-7-20-33-39-36-34(37(47)45(26(2)28-14-8-5-9-15-28)38(48)46(36)30-16-10-6-11-17-30)44(33)25-27-21-23-29(24-22-27)31-18-12-13-19-32(31)35-40-42-43-41-35/h5-6,8-19,21-24,26H,3-4,7,20,25H2,1-2H3,(H,40,41,42,43). The van der Waals surface area contributed by atoms with Crippen LogP contribution in [0.5, 0.6) is 0 Å². The van der Waals surface area contributed by atoms with E-state index < -0.39 is 11.7 Å². The molecule has 0 aliphatic carbocycles. The number of H-pyrrole nitrogens is 1. The molecule has 0 spiro atoms. The van der Waals surface area contributed by atoms with Crippen molar-refractivity contribution < 1.29 is 0 Å². The number of aromatic amines is 1. The summed E-state index contributed by atoms with van der Waals surface area (Å²) in [5.74, 6) is 1.39. The third-order valence-corrected chi connectivity index (χ3v) is 8.88. The number of rotatable bonds is 11. The van der Waals surface area contributed by atoms with Gasteiger partial charge in [-0.15, -0.1) is 5.10 Å². The van der Waals surface area contributed by atoms with Crippen molar-refractivity contribution in [1.82, 2.24) is 39.3 Å². The van der Waals surface area contributed by atoms with Gasteiger partial charge in [0.15, 0.2) is 17.0 Å². The van der Waals surface area contributed by atoms with E-state index in [1.54, 1.807) is 4.57 Å². The molecule has 0 saturated carbocycles. The Balaban J connectivity index is 1.38. The van der Waals surface area contributed by atoms with E-state index in [0.29, 0.717) is 35.6 Å². The summed E-state index contributed by atoms with van der Waals surface area (Å²) in [7, 11) is 0. The maximum absolute atomic E-state index is 14.6. The average Bonchev–Trinajstić information content (AvgIpc) is 3.79. The predicted octanol–water partition coefficient (Wildman–Crippen LogP) is 6.59. The fourth-order valence-electron chi connectivity index (χ4n) is 6.36. The highest BCUT2D eigenvalue weighted by molar-refractivity contribution is 5.80. The Morgan fingerprint density at radius 3 is 2.17 bits per heavy atom. The summed E-state index contributed by atoms with van der Waals surface area (Å²) in [6, 6.07) is 34.9. The number of benzene rings is 4. The first-order valence-corrected chi connectivity index (χ1v) is 16.3. The molecule has 7 aromatic rings. The van der Waals surface area contributed by atoms with E-state index in [2.05, 4.69) is 51.8 Å². The van der Waals surface area contributed by atoms with Gasteiger partial charge < -0.3 is 4.57 Å². The molecule has 1 atom stereocenters. The maximum atomic E-state index is 14.6. The van der Waals surface area contributed by atoms with Gasteiger partial charge in [0.05, 0.1) is 11.7 Å². The van der Waals surface area contributed by atoms with Crippen LogP contribution in [0.3, 0.4) is 0 Å². The van der Waals surface area contributed by atoms with Gasteiger partial charge in [0.2, 0.25) is 0 Å². The number of unbranched alkanes of at least 4 members (excludes halogenated alkanes) is 2. The van der Waals surface area contributed by atoms with Crippen molar-refractivity contribution in [3.63, 3.8) is 0 Å². The van der Waals surface area contributed by atoms with Crippen molar-refractivity contribution in [2.24, 2.45) is 0 Å². The first-order valence-electron chi connectivity index (χ1n) is 16.3. The molecule has 0 fully saturated rings.